The number of sulfone groups is 1. The third kappa shape index (κ3) is 4.95. The van der Waals surface area contributed by atoms with E-state index in [0.29, 0.717) is 6.54 Å². The van der Waals surface area contributed by atoms with E-state index >= 15 is 0 Å². The average Bonchev–Trinajstić information content (AvgIpc) is 2.00. The highest BCUT2D eigenvalue weighted by Crippen LogP contribution is 2.05. The topological polar surface area (TPSA) is 60.2 Å². The van der Waals surface area contributed by atoms with Gasteiger partial charge in [-0.2, -0.15) is 0 Å². The molecule has 0 aromatic rings. The van der Waals surface area contributed by atoms with Crippen LogP contribution < -0.4 is 5.73 Å². The van der Waals surface area contributed by atoms with Crippen LogP contribution in [0, 0.1) is 5.92 Å². The van der Waals surface area contributed by atoms with E-state index in [1.54, 1.807) is 0 Å². The largest absolute Gasteiger partial charge is 0.330 e. The van der Waals surface area contributed by atoms with Crippen molar-refractivity contribution in [2.24, 2.45) is 11.7 Å². The van der Waals surface area contributed by atoms with Crippen LogP contribution in [0.15, 0.2) is 0 Å². The van der Waals surface area contributed by atoms with E-state index in [1.807, 2.05) is 6.92 Å². The summed E-state index contributed by atoms with van der Waals surface area (Å²) in [6.07, 6.45) is 0.804. The maximum atomic E-state index is 11.2. The van der Waals surface area contributed by atoms with Crippen LogP contribution >= 0.6 is 11.6 Å². The zero-order chi connectivity index (χ0) is 9.61. The fourth-order valence-electron chi connectivity index (χ4n) is 0.913. The maximum absolute atomic E-state index is 11.2. The van der Waals surface area contributed by atoms with Gasteiger partial charge >= 0.3 is 0 Å². The second-order valence-electron chi connectivity index (χ2n) is 2.81. The summed E-state index contributed by atoms with van der Waals surface area (Å²) in [4.78, 5) is 0. The van der Waals surface area contributed by atoms with Gasteiger partial charge in [-0.25, -0.2) is 8.42 Å². The van der Waals surface area contributed by atoms with Crippen molar-refractivity contribution < 1.29 is 8.42 Å². The molecule has 0 bridgehead atoms. The molecule has 1 atom stereocenters. The first-order valence-corrected chi connectivity index (χ1v) is 6.37. The Morgan fingerprint density at radius 1 is 1.50 bits per heavy atom. The molecule has 0 rings (SSSR count). The number of nitrogens with two attached hydrogens (primary N) is 1. The van der Waals surface area contributed by atoms with Gasteiger partial charge in [-0.05, 0) is 12.5 Å². The summed E-state index contributed by atoms with van der Waals surface area (Å²) in [5.41, 5.74) is 5.39. The van der Waals surface area contributed by atoms with Crippen LogP contribution in [0.3, 0.4) is 0 Å². The predicted molar refractivity (Wildman–Crippen MR) is 52.2 cm³/mol. The molecule has 0 spiro atoms. The molecule has 0 heterocycles. The second-order valence-corrected chi connectivity index (χ2v) is 5.42. The smallest absolute Gasteiger partial charge is 0.151 e. The molecule has 0 amide bonds. The lowest BCUT2D eigenvalue weighted by molar-refractivity contribution is 0.544. The first-order valence-electron chi connectivity index (χ1n) is 4.02. The van der Waals surface area contributed by atoms with Gasteiger partial charge in [-0.3, -0.25) is 0 Å². The molecular weight excluding hydrogens is 198 g/mol. The quantitative estimate of drug-likeness (QED) is 0.659. The van der Waals surface area contributed by atoms with Gasteiger partial charge in [0.25, 0.3) is 0 Å². The lowest BCUT2D eigenvalue weighted by atomic mass is 10.1. The van der Waals surface area contributed by atoms with Gasteiger partial charge in [0.1, 0.15) is 0 Å². The molecule has 0 aromatic carbocycles. The first-order chi connectivity index (χ1) is 5.55. The Hall–Kier alpha value is 0.200. The van der Waals surface area contributed by atoms with Crippen LogP contribution in [-0.2, 0) is 9.84 Å². The summed E-state index contributed by atoms with van der Waals surface area (Å²) in [5, 5.41) is 0. The monoisotopic (exact) mass is 213 g/mol. The molecule has 0 aliphatic rings. The SMILES string of the molecule is CCC(CN)CS(=O)(=O)CCCl. The molecule has 74 valence electrons. The highest BCUT2D eigenvalue weighted by Gasteiger charge is 2.15. The zero-order valence-corrected chi connectivity index (χ0v) is 8.87. The summed E-state index contributed by atoms with van der Waals surface area (Å²) in [6, 6.07) is 0. The Bertz CT molecular complexity index is 199. The third-order valence-electron chi connectivity index (χ3n) is 1.79. The van der Waals surface area contributed by atoms with Gasteiger partial charge in [0, 0.05) is 5.88 Å². The fourth-order valence-corrected chi connectivity index (χ4v) is 3.11. The van der Waals surface area contributed by atoms with Crippen LogP contribution in [0.1, 0.15) is 13.3 Å². The predicted octanol–water partition coefficient (Wildman–Crippen LogP) is 0.625. The second kappa shape index (κ2) is 5.78. The van der Waals surface area contributed by atoms with Crippen LogP contribution in [0.4, 0.5) is 0 Å². The van der Waals surface area contributed by atoms with E-state index < -0.39 is 9.84 Å². The minimum atomic E-state index is -2.97. The Morgan fingerprint density at radius 2 is 2.08 bits per heavy atom. The van der Waals surface area contributed by atoms with Crippen molar-refractivity contribution in [3.05, 3.63) is 0 Å². The molecule has 0 aliphatic heterocycles. The summed E-state index contributed by atoms with van der Waals surface area (Å²) < 4.78 is 22.4. The van der Waals surface area contributed by atoms with Gasteiger partial charge in [-0.15, -0.1) is 11.6 Å². The van der Waals surface area contributed by atoms with Gasteiger partial charge in [0.2, 0.25) is 0 Å². The number of alkyl halides is 1. The molecule has 0 saturated heterocycles. The van der Waals surface area contributed by atoms with E-state index in [4.69, 9.17) is 17.3 Å². The Morgan fingerprint density at radius 3 is 2.42 bits per heavy atom. The van der Waals surface area contributed by atoms with Crippen molar-refractivity contribution in [1.29, 1.82) is 0 Å². The van der Waals surface area contributed by atoms with Crippen molar-refractivity contribution in [2.45, 2.75) is 13.3 Å². The normalized spacial score (nSPS) is 14.6. The van der Waals surface area contributed by atoms with Crippen LogP contribution in [-0.4, -0.2) is 32.3 Å². The van der Waals surface area contributed by atoms with Crippen molar-refractivity contribution in [3.63, 3.8) is 0 Å². The molecule has 12 heavy (non-hydrogen) atoms. The molecule has 1 unspecified atom stereocenters. The maximum Gasteiger partial charge on any atom is 0.151 e. The van der Waals surface area contributed by atoms with Crippen LogP contribution in [0.25, 0.3) is 0 Å². The third-order valence-corrected chi connectivity index (χ3v) is 4.01. The zero-order valence-electron chi connectivity index (χ0n) is 7.29. The Balaban J connectivity index is 4.03. The van der Waals surface area contributed by atoms with Crippen molar-refractivity contribution in [3.8, 4) is 0 Å². The highest BCUT2D eigenvalue weighted by molar-refractivity contribution is 7.91. The molecular formula is C7H16ClNO2S. The lowest BCUT2D eigenvalue weighted by Crippen LogP contribution is -2.25. The molecule has 0 aliphatic carbocycles. The summed E-state index contributed by atoms with van der Waals surface area (Å²) in [7, 11) is -2.97. The molecule has 0 aromatic heterocycles. The summed E-state index contributed by atoms with van der Waals surface area (Å²) in [6.45, 7) is 2.37. The van der Waals surface area contributed by atoms with Gasteiger partial charge in [-0.1, -0.05) is 13.3 Å². The molecule has 0 fully saturated rings. The standard InChI is InChI=1S/C7H16ClNO2S/c1-2-7(5-9)6-12(10,11)4-3-8/h7H,2-6,9H2,1H3. The van der Waals surface area contributed by atoms with Gasteiger partial charge in [0.15, 0.2) is 9.84 Å². The Kier molecular flexibility index (Phi) is 5.88. The van der Waals surface area contributed by atoms with E-state index in [9.17, 15) is 8.42 Å². The number of hydrogen-bond donors (Lipinski definition) is 1. The fraction of sp³-hybridized carbons (Fsp3) is 1.00. The molecule has 3 nitrogen and oxygen atoms in total. The molecule has 5 heteroatoms. The number of halogens is 1. The summed E-state index contributed by atoms with van der Waals surface area (Å²) >= 11 is 5.35. The van der Waals surface area contributed by atoms with Crippen molar-refractivity contribution >= 4 is 21.4 Å². The van der Waals surface area contributed by atoms with E-state index in [-0.39, 0.29) is 23.3 Å². The van der Waals surface area contributed by atoms with Crippen molar-refractivity contribution in [1.82, 2.24) is 0 Å². The minimum Gasteiger partial charge on any atom is -0.330 e. The van der Waals surface area contributed by atoms with Gasteiger partial charge in [0.05, 0.1) is 11.5 Å². The van der Waals surface area contributed by atoms with Crippen molar-refractivity contribution in [2.75, 3.05) is 23.9 Å². The highest BCUT2D eigenvalue weighted by atomic mass is 35.5. The number of rotatable bonds is 6. The molecule has 0 saturated carbocycles. The number of hydrogen-bond acceptors (Lipinski definition) is 3. The van der Waals surface area contributed by atoms with Gasteiger partial charge < -0.3 is 5.73 Å². The van der Waals surface area contributed by atoms with E-state index in [0.717, 1.165) is 6.42 Å². The van der Waals surface area contributed by atoms with E-state index in [2.05, 4.69) is 0 Å². The van der Waals surface area contributed by atoms with E-state index in [1.165, 1.54) is 0 Å². The lowest BCUT2D eigenvalue weighted by Gasteiger charge is -2.11. The first kappa shape index (κ1) is 12.2. The Labute approximate surface area is 79.2 Å². The minimum absolute atomic E-state index is 0.0606. The average molecular weight is 214 g/mol. The van der Waals surface area contributed by atoms with Crippen LogP contribution in [0.2, 0.25) is 0 Å². The summed E-state index contributed by atoms with van der Waals surface area (Å²) in [5.74, 6) is 0.486. The molecule has 2 N–H and O–H groups in total. The molecule has 0 radical (unpaired) electrons. The van der Waals surface area contributed by atoms with Crippen LogP contribution in [0.5, 0.6) is 0 Å².